The second kappa shape index (κ2) is 7.37. The van der Waals surface area contributed by atoms with Gasteiger partial charge in [0.25, 0.3) is 0 Å². The topological polar surface area (TPSA) is 85.8 Å². The molecule has 1 aromatic carbocycles. The van der Waals surface area contributed by atoms with Gasteiger partial charge in [-0.25, -0.2) is 0 Å². The minimum atomic E-state index is -0.552. The van der Waals surface area contributed by atoms with E-state index in [0.717, 1.165) is 43.0 Å². The molecule has 1 atom stereocenters. The number of benzene rings is 1. The third-order valence-corrected chi connectivity index (χ3v) is 4.24. The zero-order valence-corrected chi connectivity index (χ0v) is 13.2. The number of rotatable bonds is 5. The number of hydrogen-bond donors (Lipinski definition) is 2. The highest BCUT2D eigenvalue weighted by molar-refractivity contribution is 5.81. The average Bonchev–Trinajstić information content (AvgIpc) is 2.80. The van der Waals surface area contributed by atoms with Gasteiger partial charge >= 0.3 is 0 Å². The molecule has 122 valence electrons. The number of aromatic nitrogens is 3. The first kappa shape index (κ1) is 15.7. The van der Waals surface area contributed by atoms with Crippen molar-refractivity contribution in [2.24, 2.45) is 5.73 Å². The molecule has 2 aromatic rings. The van der Waals surface area contributed by atoms with Crippen molar-refractivity contribution < 1.29 is 4.79 Å². The smallest absolute Gasteiger partial charge is 0.237 e. The Morgan fingerprint density at radius 3 is 2.87 bits per heavy atom. The minimum Gasteiger partial charge on any atom is -0.347 e. The van der Waals surface area contributed by atoms with E-state index in [-0.39, 0.29) is 5.91 Å². The molecule has 0 bridgehead atoms. The van der Waals surface area contributed by atoms with E-state index in [1.807, 2.05) is 30.3 Å². The van der Waals surface area contributed by atoms with E-state index >= 15 is 0 Å². The predicted octanol–water partition coefficient (Wildman–Crippen LogP) is 1.19. The summed E-state index contributed by atoms with van der Waals surface area (Å²) in [4.78, 5) is 12.2. The standard InChI is InChI=1S/C17H23N5O/c18-14(11-13-7-3-1-4-8-13)17(23)19-12-16-21-20-15-9-5-2-6-10-22(15)16/h1,3-4,7-8,14H,2,5-6,9-12,18H2,(H,19,23). The summed E-state index contributed by atoms with van der Waals surface area (Å²) >= 11 is 0. The lowest BCUT2D eigenvalue weighted by molar-refractivity contribution is -0.122. The van der Waals surface area contributed by atoms with Crippen molar-refractivity contribution in [3.63, 3.8) is 0 Å². The molecule has 0 spiro atoms. The Morgan fingerprint density at radius 1 is 1.22 bits per heavy atom. The van der Waals surface area contributed by atoms with Gasteiger partial charge < -0.3 is 15.6 Å². The van der Waals surface area contributed by atoms with E-state index in [2.05, 4.69) is 20.1 Å². The molecule has 1 amide bonds. The molecule has 0 saturated heterocycles. The van der Waals surface area contributed by atoms with Gasteiger partial charge in [0.2, 0.25) is 5.91 Å². The second-order valence-corrected chi connectivity index (χ2v) is 6.01. The average molecular weight is 313 g/mol. The van der Waals surface area contributed by atoms with Crippen LogP contribution >= 0.6 is 0 Å². The number of nitrogens with zero attached hydrogens (tertiary/aromatic N) is 3. The molecule has 1 unspecified atom stereocenters. The van der Waals surface area contributed by atoms with Crippen molar-refractivity contribution in [2.75, 3.05) is 0 Å². The van der Waals surface area contributed by atoms with Gasteiger partial charge in [-0.2, -0.15) is 0 Å². The molecule has 6 heteroatoms. The Bertz CT molecular complexity index is 652. The monoisotopic (exact) mass is 313 g/mol. The van der Waals surface area contributed by atoms with Crippen LogP contribution in [0.3, 0.4) is 0 Å². The maximum Gasteiger partial charge on any atom is 0.237 e. The fourth-order valence-corrected chi connectivity index (χ4v) is 2.93. The lowest BCUT2D eigenvalue weighted by atomic mass is 10.1. The van der Waals surface area contributed by atoms with Crippen LogP contribution in [0.1, 0.15) is 36.5 Å². The first-order valence-electron chi connectivity index (χ1n) is 8.22. The molecule has 0 fully saturated rings. The molecule has 1 aromatic heterocycles. The van der Waals surface area contributed by atoms with Gasteiger partial charge in [-0.15, -0.1) is 10.2 Å². The number of amides is 1. The number of fused-ring (bicyclic) bond motifs is 1. The van der Waals surface area contributed by atoms with Crippen LogP contribution in [0.15, 0.2) is 30.3 Å². The summed E-state index contributed by atoms with van der Waals surface area (Å²) in [7, 11) is 0. The Labute approximate surface area is 136 Å². The van der Waals surface area contributed by atoms with Gasteiger partial charge in [-0.05, 0) is 24.8 Å². The number of aryl methyl sites for hydroxylation is 1. The fourth-order valence-electron chi connectivity index (χ4n) is 2.93. The molecular formula is C17H23N5O. The van der Waals surface area contributed by atoms with E-state index in [1.54, 1.807) is 0 Å². The third kappa shape index (κ3) is 3.96. The van der Waals surface area contributed by atoms with Gasteiger partial charge in [0.05, 0.1) is 12.6 Å². The van der Waals surface area contributed by atoms with Crippen LogP contribution in [0.4, 0.5) is 0 Å². The van der Waals surface area contributed by atoms with E-state index in [1.165, 1.54) is 6.42 Å². The van der Waals surface area contributed by atoms with E-state index in [0.29, 0.717) is 13.0 Å². The molecule has 0 aliphatic carbocycles. The zero-order valence-electron chi connectivity index (χ0n) is 13.2. The molecule has 6 nitrogen and oxygen atoms in total. The molecule has 2 heterocycles. The highest BCUT2D eigenvalue weighted by atomic mass is 16.2. The lowest BCUT2D eigenvalue weighted by Crippen LogP contribution is -2.42. The maximum atomic E-state index is 12.2. The van der Waals surface area contributed by atoms with Gasteiger partial charge in [0, 0.05) is 13.0 Å². The Kier molecular flexibility index (Phi) is 5.02. The summed E-state index contributed by atoms with van der Waals surface area (Å²) < 4.78 is 2.13. The summed E-state index contributed by atoms with van der Waals surface area (Å²) in [5, 5.41) is 11.3. The summed E-state index contributed by atoms with van der Waals surface area (Å²) in [6, 6.07) is 9.25. The molecule has 1 aliphatic heterocycles. The van der Waals surface area contributed by atoms with Crippen LogP contribution in [0.2, 0.25) is 0 Å². The second-order valence-electron chi connectivity index (χ2n) is 6.01. The largest absolute Gasteiger partial charge is 0.347 e. The number of hydrogen-bond acceptors (Lipinski definition) is 4. The quantitative estimate of drug-likeness (QED) is 0.868. The number of nitrogens with one attached hydrogen (secondary N) is 1. The summed E-state index contributed by atoms with van der Waals surface area (Å²) in [6.45, 7) is 1.32. The van der Waals surface area contributed by atoms with Crippen LogP contribution in [-0.4, -0.2) is 26.7 Å². The van der Waals surface area contributed by atoms with Crippen molar-refractivity contribution in [3.8, 4) is 0 Å². The van der Waals surface area contributed by atoms with Crippen molar-refractivity contribution in [1.29, 1.82) is 0 Å². The highest BCUT2D eigenvalue weighted by Gasteiger charge is 2.17. The van der Waals surface area contributed by atoms with E-state index < -0.39 is 6.04 Å². The van der Waals surface area contributed by atoms with Crippen LogP contribution < -0.4 is 11.1 Å². The molecule has 23 heavy (non-hydrogen) atoms. The molecule has 3 rings (SSSR count). The molecular weight excluding hydrogens is 290 g/mol. The maximum absolute atomic E-state index is 12.2. The van der Waals surface area contributed by atoms with E-state index in [4.69, 9.17) is 5.73 Å². The van der Waals surface area contributed by atoms with Crippen LogP contribution in [0.5, 0.6) is 0 Å². The van der Waals surface area contributed by atoms with Crippen molar-refractivity contribution in [2.45, 2.75) is 51.2 Å². The van der Waals surface area contributed by atoms with Crippen LogP contribution in [0.25, 0.3) is 0 Å². The van der Waals surface area contributed by atoms with Gasteiger partial charge in [-0.3, -0.25) is 4.79 Å². The summed E-state index contributed by atoms with van der Waals surface area (Å²) in [5.74, 6) is 1.70. The molecule has 0 saturated carbocycles. The van der Waals surface area contributed by atoms with Crippen molar-refractivity contribution in [3.05, 3.63) is 47.5 Å². The summed E-state index contributed by atoms with van der Waals surface area (Å²) in [6.07, 6.45) is 5.02. The molecule has 1 aliphatic rings. The van der Waals surface area contributed by atoms with Gasteiger partial charge in [-0.1, -0.05) is 36.8 Å². The first-order chi connectivity index (χ1) is 11.2. The normalized spacial score (nSPS) is 15.5. The Morgan fingerprint density at radius 2 is 2.04 bits per heavy atom. The van der Waals surface area contributed by atoms with Gasteiger partial charge in [0.15, 0.2) is 5.82 Å². The zero-order chi connectivity index (χ0) is 16.1. The Hall–Kier alpha value is -2.21. The fraction of sp³-hybridized carbons (Fsp3) is 0.471. The highest BCUT2D eigenvalue weighted by Crippen LogP contribution is 2.14. The van der Waals surface area contributed by atoms with Gasteiger partial charge in [0.1, 0.15) is 5.82 Å². The number of carbonyl (C=O) groups excluding carboxylic acids is 1. The van der Waals surface area contributed by atoms with E-state index in [9.17, 15) is 4.79 Å². The molecule has 0 radical (unpaired) electrons. The third-order valence-electron chi connectivity index (χ3n) is 4.24. The first-order valence-corrected chi connectivity index (χ1v) is 8.22. The number of nitrogens with two attached hydrogens (primary N) is 1. The van der Waals surface area contributed by atoms with Crippen molar-refractivity contribution in [1.82, 2.24) is 20.1 Å². The molecule has 3 N–H and O–H groups in total. The lowest BCUT2D eigenvalue weighted by Gasteiger charge is -2.13. The van der Waals surface area contributed by atoms with Crippen molar-refractivity contribution >= 4 is 5.91 Å². The van der Waals surface area contributed by atoms with Crippen LogP contribution in [0, 0.1) is 0 Å². The Balaban J connectivity index is 1.56. The minimum absolute atomic E-state index is 0.153. The summed E-state index contributed by atoms with van der Waals surface area (Å²) in [5.41, 5.74) is 7.06. The number of carbonyl (C=O) groups is 1. The predicted molar refractivity (Wildman–Crippen MR) is 87.5 cm³/mol. The SMILES string of the molecule is NC(Cc1ccccc1)C(=O)NCc1nnc2n1CCCCC2. The van der Waals surface area contributed by atoms with Crippen LogP contribution in [-0.2, 0) is 30.7 Å².